The molecule has 1 aromatic rings. The maximum Gasteiger partial charge on any atom is 0.0766 e. The summed E-state index contributed by atoms with van der Waals surface area (Å²) in [6.45, 7) is 4.27. The van der Waals surface area contributed by atoms with Crippen molar-refractivity contribution in [3.8, 4) is 0 Å². The zero-order valence-corrected chi connectivity index (χ0v) is 13.5. The average Bonchev–Trinajstić information content (AvgIpc) is 2.65. The zero-order valence-electron chi connectivity index (χ0n) is 12.0. The molecule has 4 nitrogen and oxygen atoms in total. The zero-order chi connectivity index (χ0) is 13.7. The van der Waals surface area contributed by atoms with Gasteiger partial charge in [-0.25, -0.2) is 0 Å². The highest BCUT2D eigenvalue weighted by molar-refractivity contribution is 9.10. The summed E-state index contributed by atoms with van der Waals surface area (Å²) in [6, 6.07) is 0.302. The predicted molar refractivity (Wildman–Crippen MR) is 77.9 cm³/mol. The van der Waals surface area contributed by atoms with E-state index >= 15 is 0 Å². The van der Waals surface area contributed by atoms with E-state index in [0.29, 0.717) is 6.04 Å². The minimum Gasteiger partial charge on any atom is -0.380 e. The van der Waals surface area contributed by atoms with E-state index in [1.54, 1.807) is 7.11 Å². The quantitative estimate of drug-likeness (QED) is 0.838. The molecule has 0 aromatic carbocycles. The molecular formula is C13H24BrN3O. The minimum absolute atomic E-state index is 0.224. The number of ether oxygens (including phenoxy) is 1. The molecule has 0 aliphatic heterocycles. The van der Waals surface area contributed by atoms with Crippen LogP contribution in [0, 0.1) is 0 Å². The molecule has 0 saturated heterocycles. The van der Waals surface area contributed by atoms with Crippen molar-refractivity contribution in [3.63, 3.8) is 0 Å². The summed E-state index contributed by atoms with van der Waals surface area (Å²) in [7, 11) is 5.76. The van der Waals surface area contributed by atoms with E-state index in [-0.39, 0.29) is 6.10 Å². The van der Waals surface area contributed by atoms with Crippen LogP contribution in [0.3, 0.4) is 0 Å². The van der Waals surface area contributed by atoms with Crippen molar-refractivity contribution in [2.45, 2.75) is 45.3 Å². The molecule has 1 N–H and O–H groups in total. The summed E-state index contributed by atoms with van der Waals surface area (Å²) in [5, 5.41) is 7.88. The van der Waals surface area contributed by atoms with Crippen LogP contribution >= 0.6 is 15.9 Å². The maximum atomic E-state index is 5.53. The highest BCUT2D eigenvalue weighted by atomic mass is 79.9. The van der Waals surface area contributed by atoms with Gasteiger partial charge in [0.25, 0.3) is 0 Å². The molecule has 18 heavy (non-hydrogen) atoms. The monoisotopic (exact) mass is 317 g/mol. The van der Waals surface area contributed by atoms with Gasteiger partial charge in [-0.1, -0.05) is 13.8 Å². The summed E-state index contributed by atoms with van der Waals surface area (Å²) in [4.78, 5) is 0. The van der Waals surface area contributed by atoms with E-state index in [1.807, 2.05) is 18.8 Å². The maximum absolute atomic E-state index is 5.53. The van der Waals surface area contributed by atoms with E-state index in [0.717, 1.165) is 29.4 Å². The van der Waals surface area contributed by atoms with Gasteiger partial charge < -0.3 is 10.1 Å². The number of nitrogens with one attached hydrogen (secondary N) is 1. The van der Waals surface area contributed by atoms with Gasteiger partial charge in [-0.2, -0.15) is 5.10 Å². The van der Waals surface area contributed by atoms with E-state index in [9.17, 15) is 0 Å². The number of nitrogens with zero attached hydrogens (tertiary/aromatic N) is 2. The summed E-state index contributed by atoms with van der Waals surface area (Å²) >= 11 is 3.66. The van der Waals surface area contributed by atoms with Gasteiger partial charge in [0.05, 0.1) is 22.0 Å². The summed E-state index contributed by atoms with van der Waals surface area (Å²) < 4.78 is 8.64. The fraction of sp³-hybridized carbons (Fsp3) is 0.769. The summed E-state index contributed by atoms with van der Waals surface area (Å²) in [6.07, 6.45) is 3.08. The molecule has 1 aromatic heterocycles. The van der Waals surface area contributed by atoms with Crippen LogP contribution in [0.4, 0.5) is 0 Å². The Labute approximate surface area is 118 Å². The van der Waals surface area contributed by atoms with E-state index < -0.39 is 0 Å². The fourth-order valence-corrected chi connectivity index (χ4v) is 3.06. The normalized spacial score (nSPS) is 14.8. The van der Waals surface area contributed by atoms with Crippen molar-refractivity contribution in [3.05, 3.63) is 15.9 Å². The molecule has 0 fully saturated rings. The molecular weight excluding hydrogens is 294 g/mol. The van der Waals surface area contributed by atoms with Gasteiger partial charge >= 0.3 is 0 Å². The number of rotatable bonds is 7. The third-order valence-electron chi connectivity index (χ3n) is 3.44. The lowest BCUT2D eigenvalue weighted by Crippen LogP contribution is -2.40. The first-order valence-electron chi connectivity index (χ1n) is 6.49. The van der Waals surface area contributed by atoms with E-state index in [4.69, 9.17) is 4.74 Å². The molecule has 2 unspecified atom stereocenters. The lowest BCUT2D eigenvalue weighted by molar-refractivity contribution is 0.0672. The van der Waals surface area contributed by atoms with Gasteiger partial charge in [-0.3, -0.25) is 4.68 Å². The Morgan fingerprint density at radius 3 is 2.50 bits per heavy atom. The molecule has 1 rings (SSSR count). The van der Waals surface area contributed by atoms with Crippen LogP contribution in [0.25, 0.3) is 0 Å². The Morgan fingerprint density at radius 2 is 2.11 bits per heavy atom. The van der Waals surface area contributed by atoms with Crippen molar-refractivity contribution in [1.29, 1.82) is 0 Å². The molecule has 0 amide bonds. The van der Waals surface area contributed by atoms with Crippen LogP contribution in [0.5, 0.6) is 0 Å². The number of aryl methyl sites for hydroxylation is 2. The number of hydrogen-bond donors (Lipinski definition) is 1. The standard InChI is InChI=1S/C13H24BrN3O/c1-6-9-13(14)11(17(4)16-9)8-10(15-3)12(7-2)18-5/h10,12,15H,6-8H2,1-5H3. The van der Waals surface area contributed by atoms with Gasteiger partial charge in [0.15, 0.2) is 0 Å². The first-order chi connectivity index (χ1) is 8.58. The van der Waals surface area contributed by atoms with Crippen LogP contribution in [0.2, 0.25) is 0 Å². The Hall–Kier alpha value is -0.390. The molecule has 2 atom stereocenters. The van der Waals surface area contributed by atoms with Crippen LogP contribution in [-0.2, 0) is 24.6 Å². The Kier molecular flexibility index (Phi) is 6.32. The average molecular weight is 318 g/mol. The second kappa shape index (κ2) is 7.26. The Balaban J connectivity index is 2.91. The molecule has 0 saturated carbocycles. The largest absolute Gasteiger partial charge is 0.380 e. The highest BCUT2D eigenvalue weighted by Gasteiger charge is 2.22. The molecule has 0 aliphatic rings. The predicted octanol–water partition coefficient (Wildman–Crippen LogP) is 2.30. The van der Waals surface area contributed by atoms with Gasteiger partial charge in [-0.05, 0) is 35.8 Å². The van der Waals surface area contributed by atoms with E-state index in [2.05, 4.69) is 40.2 Å². The van der Waals surface area contributed by atoms with Crippen LogP contribution < -0.4 is 5.32 Å². The van der Waals surface area contributed by atoms with Crippen molar-refractivity contribution in [2.24, 2.45) is 7.05 Å². The lowest BCUT2D eigenvalue weighted by atomic mass is 10.0. The number of halogens is 1. The molecule has 1 heterocycles. The molecule has 0 spiro atoms. The third kappa shape index (κ3) is 3.33. The lowest BCUT2D eigenvalue weighted by Gasteiger charge is -2.24. The first-order valence-corrected chi connectivity index (χ1v) is 7.28. The molecule has 0 bridgehead atoms. The number of methoxy groups -OCH3 is 1. The van der Waals surface area contributed by atoms with Crippen molar-refractivity contribution in [2.75, 3.05) is 14.2 Å². The number of likely N-dealkylation sites (N-methyl/N-ethyl adjacent to an activating group) is 1. The van der Waals surface area contributed by atoms with E-state index in [1.165, 1.54) is 5.69 Å². The van der Waals surface area contributed by atoms with Crippen LogP contribution in [0.15, 0.2) is 4.47 Å². The van der Waals surface area contributed by atoms with Crippen LogP contribution in [0.1, 0.15) is 31.7 Å². The van der Waals surface area contributed by atoms with Gasteiger partial charge in [-0.15, -0.1) is 0 Å². The SMILES string of the molecule is CCc1nn(C)c(CC(NC)C(CC)OC)c1Br. The molecule has 0 aliphatic carbocycles. The Morgan fingerprint density at radius 1 is 1.44 bits per heavy atom. The molecule has 104 valence electrons. The minimum atomic E-state index is 0.224. The number of hydrogen-bond acceptors (Lipinski definition) is 3. The van der Waals surface area contributed by atoms with Crippen molar-refractivity contribution in [1.82, 2.24) is 15.1 Å². The smallest absolute Gasteiger partial charge is 0.0766 e. The molecule has 0 radical (unpaired) electrons. The molecule has 5 heteroatoms. The van der Waals surface area contributed by atoms with Crippen LogP contribution in [-0.4, -0.2) is 36.1 Å². The summed E-state index contributed by atoms with van der Waals surface area (Å²) in [5.74, 6) is 0. The van der Waals surface area contributed by atoms with Gasteiger partial charge in [0, 0.05) is 26.6 Å². The van der Waals surface area contributed by atoms with Crippen molar-refractivity contribution >= 4 is 15.9 Å². The summed E-state index contributed by atoms with van der Waals surface area (Å²) in [5.41, 5.74) is 2.34. The van der Waals surface area contributed by atoms with Crippen molar-refractivity contribution < 1.29 is 4.74 Å². The fourth-order valence-electron chi connectivity index (χ4n) is 2.28. The highest BCUT2D eigenvalue weighted by Crippen LogP contribution is 2.23. The third-order valence-corrected chi connectivity index (χ3v) is 4.36. The van der Waals surface area contributed by atoms with Gasteiger partial charge in [0.1, 0.15) is 0 Å². The first kappa shape index (κ1) is 15.7. The van der Waals surface area contributed by atoms with Gasteiger partial charge in [0.2, 0.25) is 0 Å². The topological polar surface area (TPSA) is 39.1 Å². The number of aromatic nitrogens is 2. The second-order valence-electron chi connectivity index (χ2n) is 4.47. The Bertz CT molecular complexity index is 375. The second-order valence-corrected chi connectivity index (χ2v) is 5.26.